The fraction of sp³-hybridized carbons (Fsp3) is 0.200. The fourth-order valence-electron chi connectivity index (χ4n) is 2.00. The van der Waals surface area contributed by atoms with Gasteiger partial charge in [-0.1, -0.05) is 47.5 Å². The average Bonchev–Trinajstić information content (AvgIpc) is 2.34. The van der Waals surface area contributed by atoms with Crippen LogP contribution in [0.4, 0.5) is 5.69 Å². The fourth-order valence-corrected chi connectivity index (χ4v) is 2.47. The molecule has 0 bridgehead atoms. The van der Waals surface area contributed by atoms with Crippen LogP contribution in [0.3, 0.4) is 0 Å². The van der Waals surface area contributed by atoms with Crippen LogP contribution >= 0.6 is 23.2 Å². The molecule has 0 fully saturated rings. The van der Waals surface area contributed by atoms with Gasteiger partial charge in [0.05, 0.1) is 19.1 Å². The first-order valence-electron chi connectivity index (χ1n) is 5.81. The molecule has 2 aromatic carbocycles. The topological polar surface area (TPSA) is 0 Å². The number of rotatable bonds is 3. The largest absolute Gasteiger partial charge is 0.292 e. The molecule has 18 heavy (non-hydrogen) atoms. The molecule has 0 heterocycles. The number of hydrogen-bond acceptors (Lipinski definition) is 0. The van der Waals surface area contributed by atoms with E-state index in [1.54, 1.807) is 6.07 Å². The van der Waals surface area contributed by atoms with Gasteiger partial charge in [-0.3, -0.25) is 4.48 Å². The van der Waals surface area contributed by atoms with E-state index in [-0.39, 0.29) is 0 Å². The maximum Gasteiger partial charge on any atom is 0.132 e. The molecule has 0 spiro atoms. The van der Waals surface area contributed by atoms with E-state index in [1.165, 1.54) is 5.69 Å². The quantitative estimate of drug-likeness (QED) is 0.711. The Morgan fingerprint density at radius 3 is 2.22 bits per heavy atom. The predicted molar refractivity (Wildman–Crippen MR) is 80.3 cm³/mol. The number of nitrogens with zero attached hydrogens (tertiary/aromatic N) is 1. The number of benzene rings is 2. The molecule has 0 radical (unpaired) electrons. The lowest BCUT2D eigenvalue weighted by Gasteiger charge is -2.29. The van der Waals surface area contributed by atoms with Crippen LogP contribution in [0.1, 0.15) is 5.56 Å². The number of quaternary nitrogens is 1. The summed E-state index contributed by atoms with van der Waals surface area (Å²) in [6.45, 7) is 0.833. The van der Waals surface area contributed by atoms with Crippen molar-refractivity contribution in [3.05, 3.63) is 64.1 Å². The highest BCUT2D eigenvalue weighted by atomic mass is 35.5. The number of para-hydroxylation sites is 1. The Morgan fingerprint density at radius 2 is 1.61 bits per heavy atom. The zero-order valence-corrected chi connectivity index (χ0v) is 12.0. The van der Waals surface area contributed by atoms with Crippen LogP contribution < -0.4 is 4.48 Å². The van der Waals surface area contributed by atoms with Crippen LogP contribution in [-0.4, -0.2) is 14.1 Å². The molecular weight excluding hydrogens is 265 g/mol. The molecule has 0 aliphatic carbocycles. The van der Waals surface area contributed by atoms with Gasteiger partial charge in [0.2, 0.25) is 0 Å². The van der Waals surface area contributed by atoms with Gasteiger partial charge in [-0.25, -0.2) is 0 Å². The van der Waals surface area contributed by atoms with Gasteiger partial charge in [-0.05, 0) is 24.3 Å². The van der Waals surface area contributed by atoms with E-state index in [2.05, 4.69) is 38.4 Å². The average molecular weight is 281 g/mol. The summed E-state index contributed by atoms with van der Waals surface area (Å²) in [5.74, 6) is 0. The van der Waals surface area contributed by atoms with Crippen molar-refractivity contribution in [3.63, 3.8) is 0 Å². The smallest absolute Gasteiger partial charge is 0.132 e. The lowest BCUT2D eigenvalue weighted by Crippen LogP contribution is -2.39. The lowest BCUT2D eigenvalue weighted by molar-refractivity contribution is 0.392. The first-order chi connectivity index (χ1) is 8.49. The van der Waals surface area contributed by atoms with Crippen molar-refractivity contribution in [2.24, 2.45) is 0 Å². The minimum Gasteiger partial charge on any atom is -0.292 e. The van der Waals surface area contributed by atoms with Crippen molar-refractivity contribution in [2.75, 3.05) is 14.1 Å². The Labute approximate surface area is 118 Å². The van der Waals surface area contributed by atoms with Crippen LogP contribution in [0.15, 0.2) is 48.5 Å². The SMILES string of the molecule is C[N+](C)(Cc1ccc(Cl)cc1Cl)c1ccccc1. The van der Waals surface area contributed by atoms with Gasteiger partial charge < -0.3 is 0 Å². The third kappa shape index (κ3) is 3.05. The summed E-state index contributed by atoms with van der Waals surface area (Å²) in [6.07, 6.45) is 0. The Hall–Kier alpha value is -1.02. The maximum absolute atomic E-state index is 6.23. The normalized spacial score (nSPS) is 11.6. The molecule has 94 valence electrons. The first kappa shape index (κ1) is 13.4. The highest BCUT2D eigenvalue weighted by Crippen LogP contribution is 2.27. The molecular formula is C15H16Cl2N+. The third-order valence-electron chi connectivity index (χ3n) is 3.04. The zero-order chi connectivity index (χ0) is 13.2. The van der Waals surface area contributed by atoms with Gasteiger partial charge in [0, 0.05) is 10.6 Å². The van der Waals surface area contributed by atoms with Crippen molar-refractivity contribution in [2.45, 2.75) is 6.54 Å². The summed E-state index contributed by atoms with van der Waals surface area (Å²) >= 11 is 12.1. The van der Waals surface area contributed by atoms with E-state index in [4.69, 9.17) is 23.2 Å². The molecule has 0 saturated heterocycles. The Balaban J connectivity index is 2.28. The van der Waals surface area contributed by atoms with E-state index in [0.717, 1.165) is 21.6 Å². The summed E-state index contributed by atoms with van der Waals surface area (Å²) in [6, 6.07) is 16.1. The number of halogens is 2. The van der Waals surface area contributed by atoms with Crippen molar-refractivity contribution in [3.8, 4) is 0 Å². The van der Waals surface area contributed by atoms with Crippen molar-refractivity contribution < 1.29 is 0 Å². The summed E-state index contributed by atoms with van der Waals surface area (Å²) in [5, 5.41) is 1.40. The second-order valence-corrected chi connectivity index (χ2v) is 5.76. The number of hydrogen-bond donors (Lipinski definition) is 0. The molecule has 2 rings (SSSR count). The molecule has 0 N–H and O–H groups in total. The monoisotopic (exact) mass is 280 g/mol. The van der Waals surface area contributed by atoms with Crippen molar-refractivity contribution in [1.82, 2.24) is 4.48 Å². The van der Waals surface area contributed by atoms with Crippen molar-refractivity contribution >= 4 is 28.9 Å². The molecule has 3 heteroatoms. The van der Waals surface area contributed by atoms with Gasteiger partial charge in [-0.15, -0.1) is 0 Å². The minimum absolute atomic E-state index is 0.675. The van der Waals surface area contributed by atoms with Gasteiger partial charge in [0.1, 0.15) is 12.2 Å². The predicted octanol–water partition coefficient (Wildman–Crippen LogP) is 4.76. The summed E-state index contributed by atoms with van der Waals surface area (Å²) in [7, 11) is 4.33. The van der Waals surface area contributed by atoms with Crippen LogP contribution in [0.2, 0.25) is 10.0 Å². The second-order valence-electron chi connectivity index (χ2n) is 4.91. The molecule has 0 aliphatic heterocycles. The molecule has 1 nitrogen and oxygen atoms in total. The Morgan fingerprint density at radius 1 is 0.944 bits per heavy atom. The highest BCUT2D eigenvalue weighted by Gasteiger charge is 2.20. The summed E-state index contributed by atoms with van der Waals surface area (Å²) < 4.78 is 0.752. The van der Waals surface area contributed by atoms with Crippen LogP contribution in [0.5, 0.6) is 0 Å². The van der Waals surface area contributed by atoms with Crippen molar-refractivity contribution in [1.29, 1.82) is 0 Å². The molecule has 2 aromatic rings. The minimum atomic E-state index is 0.675. The Bertz CT molecular complexity index is 535. The van der Waals surface area contributed by atoms with E-state index in [9.17, 15) is 0 Å². The van der Waals surface area contributed by atoms with Crippen LogP contribution in [0, 0.1) is 0 Å². The highest BCUT2D eigenvalue weighted by molar-refractivity contribution is 6.35. The van der Waals surface area contributed by atoms with E-state index in [1.807, 2.05) is 18.2 Å². The van der Waals surface area contributed by atoms with Gasteiger partial charge in [0.15, 0.2) is 0 Å². The van der Waals surface area contributed by atoms with Crippen LogP contribution in [-0.2, 0) is 6.54 Å². The van der Waals surface area contributed by atoms with Crippen LogP contribution in [0.25, 0.3) is 0 Å². The van der Waals surface area contributed by atoms with E-state index < -0.39 is 0 Å². The summed E-state index contributed by atoms with van der Waals surface area (Å²) in [5.41, 5.74) is 2.36. The zero-order valence-electron chi connectivity index (χ0n) is 10.5. The van der Waals surface area contributed by atoms with Gasteiger partial charge in [0.25, 0.3) is 0 Å². The molecule has 0 atom stereocenters. The maximum atomic E-state index is 6.23. The van der Waals surface area contributed by atoms with E-state index in [0.29, 0.717) is 5.02 Å². The lowest BCUT2D eigenvalue weighted by atomic mass is 10.1. The van der Waals surface area contributed by atoms with E-state index >= 15 is 0 Å². The molecule has 0 aliphatic rings. The standard InChI is InChI=1S/C15H16Cl2N/c1-18(2,14-6-4-3-5-7-14)11-12-8-9-13(16)10-15(12)17/h3-10H,11H2,1-2H3/q+1. The third-order valence-corrected chi connectivity index (χ3v) is 3.62. The molecule has 0 saturated carbocycles. The first-order valence-corrected chi connectivity index (χ1v) is 6.57. The molecule has 0 amide bonds. The molecule has 0 unspecified atom stereocenters. The van der Waals surface area contributed by atoms with Gasteiger partial charge >= 0.3 is 0 Å². The molecule has 0 aromatic heterocycles. The second kappa shape index (κ2) is 5.31. The summed E-state index contributed by atoms with van der Waals surface area (Å²) in [4.78, 5) is 0. The Kier molecular flexibility index (Phi) is 3.96. The van der Waals surface area contributed by atoms with Gasteiger partial charge in [-0.2, -0.15) is 0 Å².